The molecule has 0 bridgehead atoms. The fourth-order valence-corrected chi connectivity index (χ4v) is 6.03. The number of anilines is 1. The van der Waals surface area contributed by atoms with E-state index in [9.17, 15) is 21.6 Å². The number of carbonyl (C=O) groups excluding carboxylic acids is 1. The molecule has 1 N–H and O–H groups in total. The monoisotopic (exact) mass is 544 g/mol. The molecule has 0 saturated carbocycles. The molecule has 37 heavy (non-hydrogen) atoms. The molecule has 1 heterocycles. The van der Waals surface area contributed by atoms with Crippen LogP contribution in [0.4, 0.5) is 5.69 Å². The number of ether oxygens (including phenoxy) is 2. The number of nitrogens with zero attached hydrogens (tertiary/aromatic N) is 1. The second kappa shape index (κ2) is 10.8. The van der Waals surface area contributed by atoms with E-state index in [4.69, 9.17) is 9.47 Å². The second-order valence-electron chi connectivity index (χ2n) is 8.52. The van der Waals surface area contributed by atoms with E-state index in [0.29, 0.717) is 36.7 Å². The molecule has 196 valence electrons. The Morgan fingerprint density at radius 1 is 0.892 bits per heavy atom. The zero-order valence-electron chi connectivity index (χ0n) is 20.5. The summed E-state index contributed by atoms with van der Waals surface area (Å²) in [6, 6.07) is 18.4. The summed E-state index contributed by atoms with van der Waals surface area (Å²) in [4.78, 5) is 13.4. The maximum Gasteiger partial charge on any atom is 0.264 e. The van der Waals surface area contributed by atoms with Crippen LogP contribution in [0.2, 0.25) is 0 Å². The Morgan fingerprint density at radius 2 is 1.54 bits per heavy atom. The van der Waals surface area contributed by atoms with E-state index in [-0.39, 0.29) is 15.5 Å². The van der Waals surface area contributed by atoms with Crippen molar-refractivity contribution in [3.63, 3.8) is 0 Å². The molecule has 4 rings (SSSR count). The summed E-state index contributed by atoms with van der Waals surface area (Å²) in [6.45, 7) is 2.12. The summed E-state index contributed by atoms with van der Waals surface area (Å²) in [5, 5.41) is 2.88. The predicted molar refractivity (Wildman–Crippen MR) is 139 cm³/mol. The van der Waals surface area contributed by atoms with Gasteiger partial charge in [-0.2, -0.15) is 0 Å². The molecular formula is C26H28N2O7S2. The molecule has 0 radical (unpaired) electrons. The van der Waals surface area contributed by atoms with E-state index in [2.05, 4.69) is 5.32 Å². The molecular weight excluding hydrogens is 516 g/mol. The lowest BCUT2D eigenvalue weighted by atomic mass is 10.0. The summed E-state index contributed by atoms with van der Waals surface area (Å²) in [6.07, 6.45) is 1.64. The maximum atomic E-state index is 13.6. The first-order chi connectivity index (χ1) is 17.6. The van der Waals surface area contributed by atoms with E-state index in [0.717, 1.165) is 10.6 Å². The molecule has 1 unspecified atom stereocenters. The minimum Gasteiger partial charge on any atom is -0.486 e. The number of fused-ring (bicyclic) bond motifs is 1. The summed E-state index contributed by atoms with van der Waals surface area (Å²) >= 11 is 0. The van der Waals surface area contributed by atoms with Crippen LogP contribution in [0.1, 0.15) is 24.9 Å². The highest BCUT2D eigenvalue weighted by molar-refractivity contribution is 7.93. The minimum atomic E-state index is -4.10. The van der Waals surface area contributed by atoms with Gasteiger partial charge in [0, 0.05) is 12.3 Å². The molecule has 1 aliphatic rings. The summed E-state index contributed by atoms with van der Waals surface area (Å²) in [7, 11) is -7.45. The van der Waals surface area contributed by atoms with Gasteiger partial charge in [-0.1, -0.05) is 37.3 Å². The predicted octanol–water partition coefficient (Wildman–Crippen LogP) is 3.32. The topological polar surface area (TPSA) is 119 Å². The Bertz CT molecular complexity index is 1470. The molecule has 0 saturated heterocycles. The number of sulfonamides is 1. The van der Waals surface area contributed by atoms with E-state index >= 15 is 0 Å². The van der Waals surface area contributed by atoms with Gasteiger partial charge in [0.1, 0.15) is 19.8 Å². The smallest absolute Gasteiger partial charge is 0.264 e. The first-order valence-electron chi connectivity index (χ1n) is 11.7. The van der Waals surface area contributed by atoms with E-state index < -0.39 is 38.4 Å². The maximum absolute atomic E-state index is 13.6. The van der Waals surface area contributed by atoms with Crippen LogP contribution in [-0.2, 0) is 24.7 Å². The molecule has 1 aliphatic heterocycles. The van der Waals surface area contributed by atoms with Crippen LogP contribution in [0, 0.1) is 0 Å². The number of nitrogens with one attached hydrogen (secondary N) is 1. The lowest BCUT2D eigenvalue weighted by Gasteiger charge is -2.27. The third-order valence-electron chi connectivity index (χ3n) is 5.89. The Hall–Kier alpha value is -3.57. The first kappa shape index (κ1) is 26.5. The molecule has 3 aromatic carbocycles. The highest BCUT2D eigenvalue weighted by Crippen LogP contribution is 2.35. The van der Waals surface area contributed by atoms with Crippen LogP contribution < -0.4 is 19.1 Å². The SMILES string of the molecule is CCC(NC(=O)CN(c1ccc2c(c1)OCCO2)S(=O)(=O)c1ccccc1)c1ccc(S(C)(=O)=O)cc1. The quantitative estimate of drug-likeness (QED) is 0.439. The largest absolute Gasteiger partial charge is 0.486 e. The van der Waals surface area contributed by atoms with E-state index in [1.807, 2.05) is 6.92 Å². The van der Waals surface area contributed by atoms with E-state index in [1.165, 1.54) is 24.3 Å². The van der Waals surface area contributed by atoms with Crippen LogP contribution in [0.3, 0.4) is 0 Å². The Kier molecular flexibility index (Phi) is 7.74. The minimum absolute atomic E-state index is 0.0427. The molecule has 1 amide bonds. The van der Waals surface area contributed by atoms with Gasteiger partial charge in [0.25, 0.3) is 10.0 Å². The third kappa shape index (κ3) is 6.05. The van der Waals surface area contributed by atoms with Crippen molar-refractivity contribution in [1.29, 1.82) is 0 Å². The number of rotatable bonds is 9. The zero-order valence-corrected chi connectivity index (χ0v) is 22.1. The summed E-state index contributed by atoms with van der Waals surface area (Å²) in [5.74, 6) is 0.378. The van der Waals surface area contributed by atoms with Crippen LogP contribution in [0.5, 0.6) is 11.5 Å². The molecule has 0 aromatic heterocycles. The summed E-state index contributed by atoms with van der Waals surface area (Å²) in [5.41, 5.74) is 0.967. The molecule has 11 heteroatoms. The Balaban J connectivity index is 1.62. The molecule has 0 spiro atoms. The Labute approximate surface area is 217 Å². The lowest BCUT2D eigenvalue weighted by molar-refractivity contribution is -0.120. The highest BCUT2D eigenvalue weighted by atomic mass is 32.2. The number of benzene rings is 3. The average Bonchev–Trinajstić information content (AvgIpc) is 2.90. The van der Waals surface area contributed by atoms with Crippen molar-refractivity contribution < 1.29 is 31.1 Å². The summed E-state index contributed by atoms with van der Waals surface area (Å²) < 4.78 is 63.0. The molecule has 3 aromatic rings. The van der Waals surface area contributed by atoms with Crippen molar-refractivity contribution in [3.8, 4) is 11.5 Å². The van der Waals surface area contributed by atoms with Crippen molar-refractivity contribution in [2.24, 2.45) is 0 Å². The van der Waals surface area contributed by atoms with Crippen LogP contribution in [0.25, 0.3) is 0 Å². The lowest BCUT2D eigenvalue weighted by Crippen LogP contribution is -2.42. The normalized spacial score (nSPS) is 14.0. The average molecular weight is 545 g/mol. The van der Waals surface area contributed by atoms with Crippen LogP contribution in [0.15, 0.2) is 82.6 Å². The van der Waals surface area contributed by atoms with Crippen LogP contribution >= 0.6 is 0 Å². The fraction of sp³-hybridized carbons (Fsp3) is 0.269. The first-order valence-corrected chi connectivity index (χ1v) is 15.0. The van der Waals surface area contributed by atoms with Crippen molar-refractivity contribution in [1.82, 2.24) is 5.32 Å². The molecule has 9 nitrogen and oxygen atoms in total. The van der Waals surface area contributed by atoms with Gasteiger partial charge in [-0.05, 0) is 48.4 Å². The Morgan fingerprint density at radius 3 is 2.16 bits per heavy atom. The van der Waals surface area contributed by atoms with Gasteiger partial charge in [-0.25, -0.2) is 16.8 Å². The van der Waals surface area contributed by atoms with Crippen molar-refractivity contribution in [2.75, 3.05) is 30.3 Å². The fourth-order valence-electron chi connectivity index (χ4n) is 3.96. The van der Waals surface area contributed by atoms with Crippen LogP contribution in [-0.4, -0.2) is 48.8 Å². The molecule has 1 atom stereocenters. The highest BCUT2D eigenvalue weighted by Gasteiger charge is 2.29. The van der Waals surface area contributed by atoms with Gasteiger partial charge in [0.2, 0.25) is 5.91 Å². The van der Waals surface area contributed by atoms with E-state index in [1.54, 1.807) is 48.5 Å². The van der Waals surface area contributed by atoms with Crippen molar-refractivity contribution >= 4 is 31.5 Å². The molecule has 0 aliphatic carbocycles. The van der Waals surface area contributed by atoms with Gasteiger partial charge in [-0.3, -0.25) is 9.10 Å². The third-order valence-corrected chi connectivity index (χ3v) is 8.80. The number of hydrogen-bond donors (Lipinski definition) is 1. The number of hydrogen-bond acceptors (Lipinski definition) is 7. The number of amides is 1. The van der Waals surface area contributed by atoms with Crippen molar-refractivity contribution in [3.05, 3.63) is 78.4 Å². The van der Waals surface area contributed by atoms with Gasteiger partial charge in [0.15, 0.2) is 21.3 Å². The van der Waals surface area contributed by atoms with Gasteiger partial charge < -0.3 is 14.8 Å². The second-order valence-corrected chi connectivity index (χ2v) is 12.4. The molecule has 0 fully saturated rings. The number of sulfone groups is 1. The van der Waals surface area contributed by atoms with Gasteiger partial charge >= 0.3 is 0 Å². The van der Waals surface area contributed by atoms with Crippen molar-refractivity contribution in [2.45, 2.75) is 29.2 Å². The standard InChI is InChI=1S/C26H28N2O7S2/c1-3-23(19-9-12-21(13-10-19)36(2,30)31)27-26(29)18-28(37(32,33)22-7-5-4-6-8-22)20-11-14-24-25(17-20)35-16-15-34-24/h4-14,17,23H,3,15-16,18H2,1-2H3,(H,27,29). The number of carbonyl (C=O) groups is 1. The van der Waals surface area contributed by atoms with Gasteiger partial charge in [-0.15, -0.1) is 0 Å². The zero-order chi connectivity index (χ0) is 26.6. The van der Waals surface area contributed by atoms with Gasteiger partial charge in [0.05, 0.1) is 21.5 Å².